The van der Waals surface area contributed by atoms with Gasteiger partial charge in [-0.1, -0.05) is 12.1 Å². The first-order valence-corrected chi connectivity index (χ1v) is 9.35. The molecule has 1 N–H and O–H groups in total. The summed E-state index contributed by atoms with van der Waals surface area (Å²) in [5.74, 6) is -0.936. The van der Waals surface area contributed by atoms with E-state index < -0.39 is 11.6 Å². The Labute approximate surface area is 156 Å². The topological polar surface area (TPSA) is 79.7 Å². The summed E-state index contributed by atoms with van der Waals surface area (Å²) >= 11 is 1.61. The molecule has 138 valence electrons. The average molecular weight is 374 g/mol. The van der Waals surface area contributed by atoms with Crippen LogP contribution >= 0.6 is 11.3 Å². The van der Waals surface area contributed by atoms with Crippen LogP contribution in [0.15, 0.2) is 24.3 Å². The van der Waals surface area contributed by atoms with Crippen LogP contribution in [0.2, 0.25) is 0 Å². The lowest BCUT2D eigenvalue weighted by Crippen LogP contribution is -2.38. The molecular formula is C19H22N2O4S. The van der Waals surface area contributed by atoms with E-state index >= 15 is 0 Å². The van der Waals surface area contributed by atoms with Gasteiger partial charge < -0.3 is 14.7 Å². The Balaban J connectivity index is 1.71. The summed E-state index contributed by atoms with van der Waals surface area (Å²) in [5.41, 5.74) is 1.69. The number of hydrogen-bond donors (Lipinski definition) is 1. The Bertz CT molecular complexity index is 796. The van der Waals surface area contributed by atoms with E-state index in [-0.39, 0.29) is 11.7 Å². The molecule has 1 aliphatic heterocycles. The quantitative estimate of drug-likeness (QED) is 0.864. The molecule has 0 bridgehead atoms. The van der Waals surface area contributed by atoms with Gasteiger partial charge in [-0.3, -0.25) is 0 Å². The van der Waals surface area contributed by atoms with Crippen molar-refractivity contribution in [3.63, 3.8) is 0 Å². The van der Waals surface area contributed by atoms with Crippen molar-refractivity contribution in [3.8, 4) is 10.6 Å². The molecule has 2 aromatic rings. The van der Waals surface area contributed by atoms with Crippen LogP contribution < -0.4 is 0 Å². The molecule has 26 heavy (non-hydrogen) atoms. The molecule has 1 amide bonds. The average Bonchev–Trinajstić information content (AvgIpc) is 2.86. The number of fused-ring (bicyclic) bond motifs is 1. The Morgan fingerprint density at radius 1 is 1.15 bits per heavy atom. The fourth-order valence-electron chi connectivity index (χ4n) is 2.75. The lowest BCUT2D eigenvalue weighted by atomic mass is 10.1. The first kappa shape index (κ1) is 18.4. The van der Waals surface area contributed by atoms with Gasteiger partial charge in [0.05, 0.1) is 11.3 Å². The van der Waals surface area contributed by atoms with Crippen LogP contribution in [0, 0.1) is 0 Å². The number of carboxylic acids is 1. The van der Waals surface area contributed by atoms with E-state index in [1.54, 1.807) is 40.5 Å². The minimum atomic E-state index is -0.936. The number of carbonyl (C=O) groups is 2. The van der Waals surface area contributed by atoms with Crippen molar-refractivity contribution in [2.24, 2.45) is 0 Å². The van der Waals surface area contributed by atoms with Gasteiger partial charge in [-0.25, -0.2) is 14.6 Å². The number of carboxylic acid groups (broad SMARTS) is 1. The van der Waals surface area contributed by atoms with Crippen molar-refractivity contribution in [1.82, 2.24) is 9.88 Å². The predicted octanol–water partition coefficient (Wildman–Crippen LogP) is 3.84. The van der Waals surface area contributed by atoms with Gasteiger partial charge >= 0.3 is 12.1 Å². The molecule has 0 saturated carbocycles. The molecule has 7 heteroatoms. The molecular weight excluding hydrogens is 352 g/mol. The molecule has 0 spiro atoms. The summed E-state index contributed by atoms with van der Waals surface area (Å²) in [6.07, 6.45) is 1.16. The summed E-state index contributed by atoms with van der Waals surface area (Å²) in [4.78, 5) is 30.8. The second-order valence-corrected chi connectivity index (χ2v) is 8.32. The van der Waals surface area contributed by atoms with Crippen molar-refractivity contribution >= 4 is 23.4 Å². The maximum atomic E-state index is 12.3. The third kappa shape index (κ3) is 4.22. The van der Waals surface area contributed by atoms with E-state index in [1.807, 2.05) is 20.8 Å². The van der Waals surface area contributed by atoms with Crippen LogP contribution in [0.25, 0.3) is 10.6 Å². The zero-order chi connectivity index (χ0) is 18.9. The zero-order valence-corrected chi connectivity index (χ0v) is 15.9. The normalized spacial score (nSPS) is 14.5. The van der Waals surface area contributed by atoms with E-state index in [9.17, 15) is 9.59 Å². The largest absolute Gasteiger partial charge is 0.478 e. The van der Waals surface area contributed by atoms with Gasteiger partial charge in [0.2, 0.25) is 0 Å². The van der Waals surface area contributed by atoms with Crippen molar-refractivity contribution in [2.45, 2.75) is 39.2 Å². The van der Waals surface area contributed by atoms with E-state index in [4.69, 9.17) is 14.8 Å². The van der Waals surface area contributed by atoms with Gasteiger partial charge in [-0.15, -0.1) is 11.3 Å². The molecule has 3 rings (SSSR count). The highest BCUT2D eigenvalue weighted by molar-refractivity contribution is 7.15. The molecule has 6 nitrogen and oxygen atoms in total. The first-order chi connectivity index (χ1) is 12.2. The van der Waals surface area contributed by atoms with E-state index in [0.29, 0.717) is 19.5 Å². The standard InChI is InChI=1S/C19H22N2O4S/c1-19(2,3)25-18(24)21-10-8-14-15(9-11-21)26-16(20-14)12-4-6-13(7-5-12)17(22)23/h4-7H,8-11H2,1-3H3,(H,22,23). The fourth-order valence-corrected chi connectivity index (χ4v) is 3.85. The predicted molar refractivity (Wildman–Crippen MR) is 99.7 cm³/mol. The maximum absolute atomic E-state index is 12.3. The minimum Gasteiger partial charge on any atom is -0.478 e. The van der Waals surface area contributed by atoms with Crippen LogP contribution in [0.5, 0.6) is 0 Å². The number of benzene rings is 1. The number of aromatic nitrogens is 1. The molecule has 0 atom stereocenters. The second kappa shape index (κ2) is 7.07. The highest BCUT2D eigenvalue weighted by Gasteiger charge is 2.25. The number of aromatic carboxylic acids is 1. The molecule has 1 aromatic heterocycles. The third-order valence-corrected chi connectivity index (χ3v) is 5.24. The molecule has 0 saturated heterocycles. The second-order valence-electron chi connectivity index (χ2n) is 7.24. The lowest BCUT2D eigenvalue weighted by Gasteiger charge is -2.26. The van der Waals surface area contributed by atoms with Crippen molar-refractivity contribution in [1.29, 1.82) is 0 Å². The Morgan fingerprint density at radius 3 is 2.42 bits per heavy atom. The van der Waals surface area contributed by atoms with Crippen LogP contribution in [-0.2, 0) is 17.6 Å². The number of hydrogen-bond acceptors (Lipinski definition) is 5. The van der Waals surface area contributed by atoms with Crippen LogP contribution in [-0.4, -0.2) is 45.7 Å². The molecule has 1 aliphatic rings. The number of nitrogens with zero attached hydrogens (tertiary/aromatic N) is 2. The molecule has 0 fully saturated rings. The van der Waals surface area contributed by atoms with Crippen molar-refractivity contribution in [3.05, 3.63) is 40.4 Å². The minimum absolute atomic E-state index is 0.264. The summed E-state index contributed by atoms with van der Waals surface area (Å²) in [6, 6.07) is 6.76. The third-order valence-electron chi connectivity index (χ3n) is 4.04. The van der Waals surface area contributed by atoms with Crippen molar-refractivity contribution in [2.75, 3.05) is 13.1 Å². The Kier molecular flexibility index (Phi) is 5.00. The maximum Gasteiger partial charge on any atom is 0.410 e. The highest BCUT2D eigenvalue weighted by atomic mass is 32.1. The van der Waals surface area contributed by atoms with Crippen LogP contribution in [0.4, 0.5) is 4.79 Å². The molecule has 0 radical (unpaired) electrons. The number of rotatable bonds is 2. The summed E-state index contributed by atoms with van der Waals surface area (Å²) < 4.78 is 5.45. The first-order valence-electron chi connectivity index (χ1n) is 8.53. The van der Waals surface area contributed by atoms with E-state index in [0.717, 1.165) is 22.7 Å². The van der Waals surface area contributed by atoms with E-state index in [1.165, 1.54) is 4.88 Å². The Morgan fingerprint density at radius 2 is 1.81 bits per heavy atom. The van der Waals surface area contributed by atoms with Crippen LogP contribution in [0.1, 0.15) is 41.7 Å². The Hall–Kier alpha value is -2.41. The van der Waals surface area contributed by atoms with Gasteiger partial charge in [-0.2, -0.15) is 0 Å². The summed E-state index contributed by atoms with van der Waals surface area (Å²) in [6.45, 7) is 6.79. The van der Waals surface area contributed by atoms with Crippen molar-refractivity contribution < 1.29 is 19.4 Å². The summed E-state index contributed by atoms with van der Waals surface area (Å²) in [5, 5.41) is 9.88. The fraction of sp³-hybridized carbons (Fsp3) is 0.421. The molecule has 0 aliphatic carbocycles. The SMILES string of the molecule is CC(C)(C)OC(=O)N1CCc2nc(-c3ccc(C(=O)O)cc3)sc2CC1. The zero-order valence-electron chi connectivity index (χ0n) is 15.1. The molecule has 2 heterocycles. The van der Waals surface area contributed by atoms with Gasteiger partial charge in [0.15, 0.2) is 0 Å². The van der Waals surface area contributed by atoms with Crippen LogP contribution in [0.3, 0.4) is 0 Å². The summed E-state index contributed by atoms with van der Waals surface area (Å²) in [7, 11) is 0. The molecule has 1 aromatic carbocycles. The monoisotopic (exact) mass is 374 g/mol. The number of amides is 1. The number of ether oxygens (including phenoxy) is 1. The smallest absolute Gasteiger partial charge is 0.410 e. The van der Waals surface area contributed by atoms with Gasteiger partial charge in [0.25, 0.3) is 0 Å². The number of thiazole rings is 1. The van der Waals surface area contributed by atoms with Gasteiger partial charge in [0.1, 0.15) is 10.6 Å². The number of carbonyl (C=O) groups excluding carboxylic acids is 1. The van der Waals surface area contributed by atoms with Gasteiger partial charge in [-0.05, 0) is 32.9 Å². The van der Waals surface area contributed by atoms with Gasteiger partial charge in [0, 0.05) is 36.4 Å². The lowest BCUT2D eigenvalue weighted by molar-refractivity contribution is 0.0258. The van der Waals surface area contributed by atoms with E-state index in [2.05, 4.69) is 0 Å². The highest BCUT2D eigenvalue weighted by Crippen LogP contribution is 2.30. The molecule has 0 unspecified atom stereocenters.